The summed E-state index contributed by atoms with van der Waals surface area (Å²) in [4.78, 5) is 19.9. The standard InChI is InChI=1S/C15H14O2Si/c1-18(16,17)15-8-4-7-13-12-6-3-2-5-11(12)9-10-14(13)15/h2-10,16-17H,1H3. The molecule has 2 N–H and O–H groups in total. The molecule has 3 rings (SSSR count). The summed E-state index contributed by atoms with van der Waals surface area (Å²) in [5.74, 6) is 0. The largest absolute Gasteiger partial charge is 0.408 e. The van der Waals surface area contributed by atoms with Crippen molar-refractivity contribution < 1.29 is 9.59 Å². The normalized spacial score (nSPS) is 12.2. The predicted molar refractivity (Wildman–Crippen MR) is 77.1 cm³/mol. The highest BCUT2D eigenvalue weighted by Gasteiger charge is 2.26. The molecule has 0 atom stereocenters. The van der Waals surface area contributed by atoms with Gasteiger partial charge in [-0.15, -0.1) is 0 Å². The van der Waals surface area contributed by atoms with Crippen LogP contribution in [0.4, 0.5) is 0 Å². The van der Waals surface area contributed by atoms with E-state index >= 15 is 0 Å². The van der Waals surface area contributed by atoms with Crippen LogP contribution in [0.2, 0.25) is 6.55 Å². The van der Waals surface area contributed by atoms with Crippen LogP contribution in [0.5, 0.6) is 0 Å². The molecule has 0 aliphatic heterocycles. The zero-order valence-corrected chi connectivity index (χ0v) is 11.1. The lowest BCUT2D eigenvalue weighted by molar-refractivity contribution is 0.392. The molecule has 2 nitrogen and oxygen atoms in total. The van der Waals surface area contributed by atoms with Gasteiger partial charge in [-0.25, -0.2) is 0 Å². The summed E-state index contributed by atoms with van der Waals surface area (Å²) >= 11 is 0. The fourth-order valence-electron chi connectivity index (χ4n) is 2.45. The van der Waals surface area contributed by atoms with Crippen molar-refractivity contribution in [2.45, 2.75) is 6.55 Å². The van der Waals surface area contributed by atoms with E-state index in [9.17, 15) is 9.59 Å². The Bertz CT molecular complexity index is 729. The number of benzene rings is 3. The van der Waals surface area contributed by atoms with Crippen LogP contribution in [0.25, 0.3) is 21.5 Å². The van der Waals surface area contributed by atoms with Crippen molar-refractivity contribution in [1.29, 1.82) is 0 Å². The minimum Gasteiger partial charge on any atom is -0.408 e. The van der Waals surface area contributed by atoms with Crippen LogP contribution in [-0.4, -0.2) is 18.2 Å². The van der Waals surface area contributed by atoms with E-state index in [0.717, 1.165) is 16.2 Å². The van der Waals surface area contributed by atoms with E-state index in [1.54, 1.807) is 0 Å². The molecule has 18 heavy (non-hydrogen) atoms. The molecule has 0 bridgehead atoms. The maximum Gasteiger partial charge on any atom is 0.364 e. The minimum atomic E-state index is -3.29. The van der Waals surface area contributed by atoms with Gasteiger partial charge in [0.05, 0.1) is 0 Å². The first-order valence-electron chi connectivity index (χ1n) is 5.93. The van der Waals surface area contributed by atoms with E-state index in [4.69, 9.17) is 0 Å². The summed E-state index contributed by atoms with van der Waals surface area (Å²) in [6.45, 7) is 1.52. The minimum absolute atomic E-state index is 0.672. The fraction of sp³-hybridized carbons (Fsp3) is 0.0667. The predicted octanol–water partition coefficient (Wildman–Crippen LogP) is 2.26. The summed E-state index contributed by atoms with van der Waals surface area (Å²) in [6.07, 6.45) is 0. The lowest BCUT2D eigenvalue weighted by atomic mass is 10.0. The summed E-state index contributed by atoms with van der Waals surface area (Å²) in [7, 11) is -3.29. The molecule has 3 aromatic rings. The Morgan fingerprint density at radius 3 is 2.22 bits per heavy atom. The van der Waals surface area contributed by atoms with E-state index < -0.39 is 8.56 Å². The maximum atomic E-state index is 9.95. The van der Waals surface area contributed by atoms with E-state index in [-0.39, 0.29) is 0 Å². The van der Waals surface area contributed by atoms with Gasteiger partial charge >= 0.3 is 8.56 Å². The first kappa shape index (κ1) is 11.4. The zero-order valence-electron chi connectivity index (χ0n) is 10.1. The molecule has 0 fully saturated rings. The average molecular weight is 254 g/mol. The second-order valence-corrected chi connectivity index (χ2v) is 7.29. The molecular weight excluding hydrogens is 240 g/mol. The monoisotopic (exact) mass is 254 g/mol. The Morgan fingerprint density at radius 1 is 0.722 bits per heavy atom. The number of hydrogen-bond acceptors (Lipinski definition) is 2. The quantitative estimate of drug-likeness (QED) is 0.516. The lowest BCUT2D eigenvalue weighted by Gasteiger charge is -2.16. The molecule has 0 saturated carbocycles. The molecule has 0 amide bonds. The van der Waals surface area contributed by atoms with Crippen LogP contribution < -0.4 is 5.19 Å². The Hall–Kier alpha value is -1.68. The van der Waals surface area contributed by atoms with Crippen LogP contribution in [0.1, 0.15) is 0 Å². The topological polar surface area (TPSA) is 40.5 Å². The third kappa shape index (κ3) is 1.73. The third-order valence-corrected chi connectivity index (χ3v) is 4.75. The third-order valence-electron chi connectivity index (χ3n) is 3.30. The van der Waals surface area contributed by atoms with Crippen molar-refractivity contribution in [2.75, 3.05) is 0 Å². The first-order chi connectivity index (χ1) is 8.57. The molecule has 0 spiro atoms. The van der Waals surface area contributed by atoms with Gasteiger partial charge in [0.25, 0.3) is 0 Å². The zero-order chi connectivity index (χ0) is 12.8. The van der Waals surface area contributed by atoms with Crippen LogP contribution in [-0.2, 0) is 0 Å². The highest BCUT2D eigenvalue weighted by Crippen LogP contribution is 2.24. The van der Waals surface area contributed by atoms with Crippen LogP contribution in [0, 0.1) is 0 Å². The van der Waals surface area contributed by atoms with Gasteiger partial charge in [0.1, 0.15) is 0 Å². The molecule has 3 aromatic carbocycles. The van der Waals surface area contributed by atoms with Crippen LogP contribution in [0.3, 0.4) is 0 Å². The summed E-state index contributed by atoms with van der Waals surface area (Å²) < 4.78 is 0. The molecule has 0 aromatic heterocycles. The summed E-state index contributed by atoms with van der Waals surface area (Å²) in [5.41, 5.74) is 0. The molecule has 3 heteroatoms. The maximum absolute atomic E-state index is 9.95. The summed E-state index contributed by atoms with van der Waals surface area (Å²) in [5, 5.41) is 5.00. The molecule has 0 radical (unpaired) electrons. The van der Waals surface area contributed by atoms with Gasteiger partial charge in [-0.1, -0.05) is 54.6 Å². The highest BCUT2D eigenvalue weighted by atomic mass is 28.4. The van der Waals surface area contributed by atoms with Crippen LogP contribution >= 0.6 is 0 Å². The van der Waals surface area contributed by atoms with Crippen molar-refractivity contribution in [3.05, 3.63) is 54.6 Å². The summed E-state index contributed by atoms with van der Waals surface area (Å²) in [6, 6.07) is 17.9. The molecule has 90 valence electrons. The molecule has 0 aliphatic carbocycles. The second kappa shape index (κ2) is 3.92. The van der Waals surface area contributed by atoms with Gasteiger partial charge in [-0.2, -0.15) is 0 Å². The molecule has 0 heterocycles. The van der Waals surface area contributed by atoms with E-state index in [0.29, 0.717) is 5.19 Å². The lowest BCUT2D eigenvalue weighted by Crippen LogP contribution is -2.45. The highest BCUT2D eigenvalue weighted by molar-refractivity contribution is 6.79. The Labute approximate surface area is 106 Å². The van der Waals surface area contributed by atoms with Crippen LogP contribution in [0.15, 0.2) is 54.6 Å². The first-order valence-corrected chi connectivity index (χ1v) is 8.32. The number of hydrogen-bond donors (Lipinski definition) is 2. The van der Waals surface area contributed by atoms with E-state index in [1.165, 1.54) is 11.9 Å². The molecule has 0 unspecified atom stereocenters. The Kier molecular flexibility index (Phi) is 2.48. The smallest absolute Gasteiger partial charge is 0.364 e. The molecule has 0 aliphatic rings. The second-order valence-electron chi connectivity index (χ2n) is 4.71. The molecule has 0 saturated heterocycles. The van der Waals surface area contributed by atoms with Crippen molar-refractivity contribution in [3.8, 4) is 0 Å². The van der Waals surface area contributed by atoms with Gasteiger partial charge in [0.2, 0.25) is 0 Å². The van der Waals surface area contributed by atoms with Crippen molar-refractivity contribution in [1.82, 2.24) is 0 Å². The van der Waals surface area contributed by atoms with E-state index in [2.05, 4.69) is 12.1 Å². The van der Waals surface area contributed by atoms with Crippen molar-refractivity contribution >= 4 is 35.3 Å². The average Bonchev–Trinajstić information content (AvgIpc) is 2.36. The Balaban J connectivity index is 2.48. The molecular formula is C15H14O2Si. The van der Waals surface area contributed by atoms with Gasteiger partial charge in [-0.3, -0.25) is 0 Å². The number of fused-ring (bicyclic) bond motifs is 3. The SMILES string of the molecule is C[Si](O)(O)c1cccc2c1ccc1ccccc12. The fourth-order valence-corrected chi connectivity index (χ4v) is 3.59. The number of rotatable bonds is 1. The Morgan fingerprint density at radius 2 is 1.44 bits per heavy atom. The van der Waals surface area contributed by atoms with Gasteiger partial charge in [-0.05, 0) is 28.1 Å². The van der Waals surface area contributed by atoms with Gasteiger partial charge in [0.15, 0.2) is 0 Å². The van der Waals surface area contributed by atoms with E-state index in [1.807, 2.05) is 42.5 Å². The van der Waals surface area contributed by atoms with Crippen molar-refractivity contribution in [2.24, 2.45) is 0 Å². The van der Waals surface area contributed by atoms with Gasteiger partial charge < -0.3 is 9.59 Å². The van der Waals surface area contributed by atoms with Gasteiger partial charge in [0, 0.05) is 5.19 Å². The van der Waals surface area contributed by atoms with Crippen molar-refractivity contribution in [3.63, 3.8) is 0 Å².